The van der Waals surface area contributed by atoms with Crippen LogP contribution in [0.1, 0.15) is 23.9 Å². The first-order valence-corrected chi connectivity index (χ1v) is 6.66. The molecule has 0 amide bonds. The lowest BCUT2D eigenvalue weighted by molar-refractivity contribution is 0.128. The van der Waals surface area contributed by atoms with Crippen LogP contribution in [0.15, 0.2) is 24.3 Å². The molecule has 0 atom stereocenters. The van der Waals surface area contributed by atoms with Gasteiger partial charge in [-0.25, -0.2) is 9.97 Å². The Kier molecular flexibility index (Phi) is 4.51. The normalized spacial score (nSPS) is 10.7. The zero-order valence-corrected chi connectivity index (χ0v) is 12.2. The molecule has 0 unspecified atom stereocenters. The maximum Gasteiger partial charge on any atom is 0.156 e. The highest BCUT2D eigenvalue weighted by molar-refractivity contribution is 6.29. The third kappa shape index (κ3) is 3.52. The molecule has 19 heavy (non-hydrogen) atoms. The van der Waals surface area contributed by atoms with Gasteiger partial charge >= 0.3 is 0 Å². The van der Waals surface area contributed by atoms with E-state index in [1.807, 2.05) is 13.0 Å². The summed E-state index contributed by atoms with van der Waals surface area (Å²) >= 11 is 6.04. The molecule has 2 aromatic rings. The van der Waals surface area contributed by atoms with Gasteiger partial charge in [0.25, 0.3) is 0 Å². The second-order valence-electron chi connectivity index (χ2n) is 4.43. The fraction of sp³-hybridized carbons (Fsp3) is 0.333. The van der Waals surface area contributed by atoms with Gasteiger partial charge in [-0.15, -0.1) is 0 Å². The maximum absolute atomic E-state index is 6.04. The minimum atomic E-state index is 0.384. The first kappa shape index (κ1) is 14.0. The predicted octanol–water partition coefficient (Wildman–Crippen LogP) is 3.95. The average molecular weight is 277 g/mol. The van der Waals surface area contributed by atoms with E-state index >= 15 is 0 Å². The molecule has 0 aliphatic heterocycles. The van der Waals surface area contributed by atoms with Crippen LogP contribution in [0.2, 0.25) is 5.15 Å². The first-order valence-electron chi connectivity index (χ1n) is 6.29. The Morgan fingerprint density at radius 1 is 1.11 bits per heavy atom. The number of benzene rings is 1. The van der Waals surface area contributed by atoms with Gasteiger partial charge in [0.05, 0.1) is 5.69 Å². The van der Waals surface area contributed by atoms with Crippen molar-refractivity contribution in [2.75, 3.05) is 6.61 Å². The second kappa shape index (κ2) is 6.13. The van der Waals surface area contributed by atoms with Crippen LogP contribution < -0.4 is 0 Å². The zero-order chi connectivity index (χ0) is 13.8. The molecule has 0 saturated carbocycles. The van der Waals surface area contributed by atoms with E-state index in [2.05, 4.69) is 35.9 Å². The standard InChI is InChI=1S/C15H17ClN2O/c1-4-19-9-15-17-13(8-14(16)18-15)12-6-5-10(2)11(3)7-12/h5-8H,4,9H2,1-3H3. The molecule has 0 saturated heterocycles. The van der Waals surface area contributed by atoms with Crippen molar-refractivity contribution in [2.45, 2.75) is 27.4 Å². The molecule has 1 aromatic carbocycles. The van der Waals surface area contributed by atoms with E-state index in [1.165, 1.54) is 11.1 Å². The smallest absolute Gasteiger partial charge is 0.156 e. The maximum atomic E-state index is 6.04. The largest absolute Gasteiger partial charge is 0.374 e. The third-order valence-electron chi connectivity index (χ3n) is 2.98. The van der Waals surface area contributed by atoms with Crippen molar-refractivity contribution in [1.82, 2.24) is 9.97 Å². The molecule has 100 valence electrons. The van der Waals surface area contributed by atoms with Gasteiger partial charge in [-0.1, -0.05) is 23.7 Å². The van der Waals surface area contributed by atoms with Crippen LogP contribution >= 0.6 is 11.6 Å². The summed E-state index contributed by atoms with van der Waals surface area (Å²) in [7, 11) is 0. The summed E-state index contributed by atoms with van der Waals surface area (Å²) in [6, 6.07) is 8.02. The fourth-order valence-corrected chi connectivity index (χ4v) is 1.97. The van der Waals surface area contributed by atoms with E-state index in [4.69, 9.17) is 16.3 Å². The van der Waals surface area contributed by atoms with Crippen molar-refractivity contribution >= 4 is 11.6 Å². The van der Waals surface area contributed by atoms with E-state index < -0.39 is 0 Å². The second-order valence-corrected chi connectivity index (χ2v) is 4.82. The summed E-state index contributed by atoms with van der Waals surface area (Å²) in [6.07, 6.45) is 0. The Morgan fingerprint density at radius 2 is 1.89 bits per heavy atom. The number of halogens is 1. The summed E-state index contributed by atoms with van der Waals surface area (Å²) in [6.45, 7) is 7.13. The molecular formula is C15H17ClN2O. The molecule has 0 radical (unpaired) electrons. The summed E-state index contributed by atoms with van der Waals surface area (Å²) < 4.78 is 5.32. The van der Waals surface area contributed by atoms with Gasteiger partial charge in [-0.3, -0.25) is 0 Å². The number of aromatic nitrogens is 2. The highest BCUT2D eigenvalue weighted by Gasteiger charge is 2.06. The quantitative estimate of drug-likeness (QED) is 0.793. The van der Waals surface area contributed by atoms with Crippen molar-refractivity contribution in [1.29, 1.82) is 0 Å². The molecular weight excluding hydrogens is 260 g/mol. The minimum absolute atomic E-state index is 0.384. The van der Waals surface area contributed by atoms with E-state index in [-0.39, 0.29) is 0 Å². The molecule has 0 aliphatic rings. The Morgan fingerprint density at radius 3 is 2.58 bits per heavy atom. The molecule has 4 heteroatoms. The Bertz CT molecular complexity index is 584. The lowest BCUT2D eigenvalue weighted by Gasteiger charge is -2.07. The van der Waals surface area contributed by atoms with Crippen LogP contribution in [-0.4, -0.2) is 16.6 Å². The van der Waals surface area contributed by atoms with E-state index in [0.717, 1.165) is 11.3 Å². The number of nitrogens with zero attached hydrogens (tertiary/aromatic N) is 2. The van der Waals surface area contributed by atoms with Crippen molar-refractivity contribution in [3.63, 3.8) is 0 Å². The van der Waals surface area contributed by atoms with Gasteiger partial charge in [-0.05, 0) is 38.0 Å². The molecule has 3 nitrogen and oxygen atoms in total. The molecule has 0 fully saturated rings. The molecule has 0 spiro atoms. The number of aryl methyl sites for hydroxylation is 2. The third-order valence-corrected chi connectivity index (χ3v) is 3.17. The molecule has 1 aromatic heterocycles. The van der Waals surface area contributed by atoms with Gasteiger partial charge in [0.1, 0.15) is 11.8 Å². The molecule has 0 N–H and O–H groups in total. The molecule has 1 heterocycles. The summed E-state index contributed by atoms with van der Waals surface area (Å²) in [5.74, 6) is 0.613. The van der Waals surface area contributed by atoms with Crippen molar-refractivity contribution in [3.05, 3.63) is 46.4 Å². The number of ether oxygens (including phenoxy) is 1. The zero-order valence-electron chi connectivity index (χ0n) is 11.4. The van der Waals surface area contributed by atoms with Gasteiger partial charge < -0.3 is 4.74 Å². The average Bonchev–Trinajstić information content (AvgIpc) is 2.39. The molecule has 0 bridgehead atoms. The van der Waals surface area contributed by atoms with Crippen molar-refractivity contribution < 1.29 is 4.74 Å². The van der Waals surface area contributed by atoms with Crippen molar-refractivity contribution in [3.8, 4) is 11.3 Å². The van der Waals surface area contributed by atoms with Crippen LogP contribution in [0.4, 0.5) is 0 Å². The summed E-state index contributed by atoms with van der Waals surface area (Å²) in [5.41, 5.74) is 4.37. The van der Waals surface area contributed by atoms with E-state index in [9.17, 15) is 0 Å². The summed E-state index contributed by atoms with van der Waals surface area (Å²) in [5, 5.41) is 0.443. The Balaban J connectivity index is 2.37. The van der Waals surface area contributed by atoms with E-state index in [1.54, 1.807) is 6.07 Å². The molecule has 2 rings (SSSR count). The Hall–Kier alpha value is -1.45. The Labute approximate surface area is 118 Å². The topological polar surface area (TPSA) is 35.0 Å². The highest BCUT2D eigenvalue weighted by Crippen LogP contribution is 2.22. The van der Waals surface area contributed by atoms with Gasteiger partial charge in [0.2, 0.25) is 0 Å². The van der Waals surface area contributed by atoms with Gasteiger partial charge in [0.15, 0.2) is 5.82 Å². The number of hydrogen-bond donors (Lipinski definition) is 0. The number of hydrogen-bond acceptors (Lipinski definition) is 3. The van der Waals surface area contributed by atoms with Crippen LogP contribution in [0, 0.1) is 13.8 Å². The van der Waals surface area contributed by atoms with Gasteiger partial charge in [-0.2, -0.15) is 0 Å². The van der Waals surface area contributed by atoms with Gasteiger partial charge in [0, 0.05) is 18.2 Å². The highest BCUT2D eigenvalue weighted by atomic mass is 35.5. The fourth-order valence-electron chi connectivity index (χ4n) is 1.77. The monoisotopic (exact) mass is 276 g/mol. The van der Waals surface area contributed by atoms with E-state index in [0.29, 0.717) is 24.2 Å². The number of rotatable bonds is 4. The SMILES string of the molecule is CCOCc1nc(Cl)cc(-c2ccc(C)c(C)c2)n1. The van der Waals surface area contributed by atoms with Crippen molar-refractivity contribution in [2.24, 2.45) is 0 Å². The first-order chi connectivity index (χ1) is 9.10. The molecule has 0 aliphatic carbocycles. The van der Waals surface area contributed by atoms with Crippen LogP contribution in [0.3, 0.4) is 0 Å². The lowest BCUT2D eigenvalue weighted by Crippen LogP contribution is -2.00. The van der Waals surface area contributed by atoms with Crippen LogP contribution in [-0.2, 0) is 11.3 Å². The van der Waals surface area contributed by atoms with Crippen LogP contribution in [0.25, 0.3) is 11.3 Å². The predicted molar refractivity (Wildman–Crippen MR) is 77.3 cm³/mol. The van der Waals surface area contributed by atoms with Crippen LogP contribution in [0.5, 0.6) is 0 Å². The lowest BCUT2D eigenvalue weighted by atomic mass is 10.0. The minimum Gasteiger partial charge on any atom is -0.374 e. The summed E-state index contributed by atoms with van der Waals surface area (Å²) in [4.78, 5) is 8.66.